The number of aromatic hydroxyl groups is 1. The van der Waals surface area contributed by atoms with E-state index in [1.54, 1.807) is 4.90 Å². The van der Waals surface area contributed by atoms with E-state index in [1.165, 1.54) is 10.8 Å². The number of nitrogens with two attached hydrogens (primary N) is 1. The summed E-state index contributed by atoms with van der Waals surface area (Å²) in [5, 5.41) is 19.8. The van der Waals surface area contributed by atoms with Crippen molar-refractivity contribution in [1.29, 1.82) is 0 Å². The SMILES string of the molecule is CC(C)N1C(=O)c2c(O)c(=O)c(C(N)=O)cn2CC12CC(O)C2. The lowest BCUT2D eigenvalue weighted by Gasteiger charge is -2.57. The molecule has 1 saturated carbocycles. The fourth-order valence-corrected chi connectivity index (χ4v) is 3.82. The second kappa shape index (κ2) is 4.82. The first-order valence-corrected chi connectivity index (χ1v) is 7.46. The molecule has 1 fully saturated rings. The van der Waals surface area contributed by atoms with Gasteiger partial charge in [-0.3, -0.25) is 14.4 Å². The Kier molecular flexibility index (Phi) is 3.26. The van der Waals surface area contributed by atoms with Gasteiger partial charge in [0.2, 0.25) is 5.43 Å². The fraction of sp³-hybridized carbons (Fsp3) is 0.533. The molecule has 2 amide bonds. The van der Waals surface area contributed by atoms with Crippen molar-refractivity contribution >= 4 is 11.8 Å². The summed E-state index contributed by atoms with van der Waals surface area (Å²) in [7, 11) is 0. The van der Waals surface area contributed by atoms with Crippen molar-refractivity contribution in [3.8, 4) is 5.75 Å². The average molecular weight is 321 g/mol. The normalized spacial score (nSPS) is 26.3. The Morgan fingerprint density at radius 2 is 2.00 bits per heavy atom. The van der Waals surface area contributed by atoms with Crippen molar-refractivity contribution in [2.24, 2.45) is 5.73 Å². The smallest absolute Gasteiger partial charge is 0.275 e. The van der Waals surface area contributed by atoms with Crippen molar-refractivity contribution in [3.05, 3.63) is 27.7 Å². The van der Waals surface area contributed by atoms with Gasteiger partial charge >= 0.3 is 0 Å². The summed E-state index contributed by atoms with van der Waals surface area (Å²) >= 11 is 0. The average Bonchev–Trinajstić information content (AvgIpc) is 2.40. The molecule has 4 N–H and O–H groups in total. The molecule has 2 aliphatic rings. The first-order valence-electron chi connectivity index (χ1n) is 7.46. The molecule has 0 bridgehead atoms. The van der Waals surface area contributed by atoms with Crippen LogP contribution in [0.3, 0.4) is 0 Å². The number of aromatic nitrogens is 1. The highest BCUT2D eigenvalue weighted by molar-refractivity contribution is 5.99. The van der Waals surface area contributed by atoms with E-state index in [9.17, 15) is 24.6 Å². The standard InChI is InChI=1S/C15H19N3O5/c1-7(2)18-14(23)10-12(21)11(20)9(13(16)22)5-17(10)6-15(18)3-8(19)4-15/h5,7-8,19,21H,3-4,6H2,1-2H3,(H2,16,22). The number of fused-ring (bicyclic) bond motifs is 1. The van der Waals surface area contributed by atoms with Gasteiger partial charge in [-0.25, -0.2) is 0 Å². The maximum atomic E-state index is 12.8. The van der Waals surface area contributed by atoms with Crippen molar-refractivity contribution in [1.82, 2.24) is 9.47 Å². The molecule has 1 aliphatic carbocycles. The highest BCUT2D eigenvalue weighted by Gasteiger charge is 2.54. The molecule has 8 heteroatoms. The minimum absolute atomic E-state index is 0.138. The Hall–Kier alpha value is -2.35. The number of amides is 2. The first kappa shape index (κ1) is 15.5. The van der Waals surface area contributed by atoms with E-state index in [2.05, 4.69) is 0 Å². The maximum absolute atomic E-state index is 12.8. The van der Waals surface area contributed by atoms with Crippen molar-refractivity contribution in [2.45, 2.75) is 50.9 Å². The van der Waals surface area contributed by atoms with E-state index in [4.69, 9.17) is 5.73 Å². The second-order valence-electron chi connectivity index (χ2n) is 6.62. The molecular formula is C15H19N3O5. The topological polar surface area (TPSA) is 126 Å². The molecule has 0 radical (unpaired) electrons. The Bertz CT molecular complexity index is 761. The van der Waals surface area contributed by atoms with Crippen LogP contribution in [0.25, 0.3) is 0 Å². The van der Waals surface area contributed by atoms with Gasteiger partial charge in [0.25, 0.3) is 11.8 Å². The van der Waals surface area contributed by atoms with E-state index in [-0.39, 0.29) is 23.8 Å². The van der Waals surface area contributed by atoms with E-state index in [0.29, 0.717) is 12.8 Å². The molecule has 1 aromatic rings. The number of pyridine rings is 1. The summed E-state index contributed by atoms with van der Waals surface area (Å²) < 4.78 is 1.41. The summed E-state index contributed by atoms with van der Waals surface area (Å²) in [6, 6.07) is -0.158. The van der Waals surface area contributed by atoms with Crippen LogP contribution in [0.5, 0.6) is 5.75 Å². The number of hydrogen-bond donors (Lipinski definition) is 3. The zero-order chi connectivity index (χ0) is 17.1. The van der Waals surface area contributed by atoms with Crippen LogP contribution in [-0.4, -0.2) is 49.2 Å². The van der Waals surface area contributed by atoms with Crippen LogP contribution in [0.15, 0.2) is 11.0 Å². The zero-order valence-corrected chi connectivity index (χ0v) is 12.9. The van der Waals surface area contributed by atoms with Gasteiger partial charge in [0.1, 0.15) is 5.56 Å². The number of rotatable bonds is 2. The lowest BCUT2D eigenvalue weighted by molar-refractivity contribution is -0.0860. The number of carbonyl (C=O) groups is 2. The maximum Gasteiger partial charge on any atom is 0.275 e. The van der Waals surface area contributed by atoms with Crippen LogP contribution in [0.2, 0.25) is 0 Å². The van der Waals surface area contributed by atoms with Crippen LogP contribution in [-0.2, 0) is 6.54 Å². The zero-order valence-electron chi connectivity index (χ0n) is 12.9. The van der Waals surface area contributed by atoms with Gasteiger partial charge in [-0.2, -0.15) is 0 Å². The Labute approximate surface area is 132 Å². The van der Waals surface area contributed by atoms with Gasteiger partial charge in [0, 0.05) is 18.8 Å². The first-order chi connectivity index (χ1) is 10.7. The molecule has 1 aromatic heterocycles. The van der Waals surface area contributed by atoms with Gasteiger partial charge in [-0.1, -0.05) is 0 Å². The molecule has 2 heterocycles. The highest BCUT2D eigenvalue weighted by Crippen LogP contribution is 2.44. The Morgan fingerprint density at radius 1 is 1.39 bits per heavy atom. The largest absolute Gasteiger partial charge is 0.503 e. The van der Waals surface area contributed by atoms with E-state index >= 15 is 0 Å². The van der Waals surface area contributed by atoms with E-state index < -0.39 is 34.6 Å². The van der Waals surface area contributed by atoms with Gasteiger partial charge in [0.05, 0.1) is 11.6 Å². The lowest BCUT2D eigenvalue weighted by atomic mass is 9.71. The number of hydrogen-bond acceptors (Lipinski definition) is 5. The molecule has 0 aromatic carbocycles. The van der Waals surface area contributed by atoms with Crippen molar-refractivity contribution < 1.29 is 19.8 Å². The van der Waals surface area contributed by atoms with Gasteiger partial charge in [-0.05, 0) is 26.7 Å². The van der Waals surface area contributed by atoms with Crippen LogP contribution in [0.4, 0.5) is 0 Å². The minimum Gasteiger partial charge on any atom is -0.503 e. The van der Waals surface area contributed by atoms with E-state index in [1.807, 2.05) is 13.8 Å². The van der Waals surface area contributed by atoms with Crippen molar-refractivity contribution in [2.75, 3.05) is 0 Å². The third-order valence-corrected chi connectivity index (χ3v) is 4.67. The predicted octanol–water partition coefficient (Wildman–Crippen LogP) is -0.590. The van der Waals surface area contributed by atoms with Crippen LogP contribution in [0, 0.1) is 0 Å². The van der Waals surface area contributed by atoms with E-state index in [0.717, 1.165) is 0 Å². The van der Waals surface area contributed by atoms with Crippen molar-refractivity contribution in [3.63, 3.8) is 0 Å². The second-order valence-corrected chi connectivity index (χ2v) is 6.62. The number of primary amides is 1. The summed E-state index contributed by atoms with van der Waals surface area (Å²) in [5.74, 6) is -2.20. The molecular weight excluding hydrogens is 302 g/mol. The number of carbonyl (C=O) groups excluding carboxylic acids is 2. The third kappa shape index (κ3) is 2.05. The number of nitrogens with zero attached hydrogens (tertiary/aromatic N) is 2. The molecule has 0 atom stereocenters. The van der Waals surface area contributed by atoms with Gasteiger partial charge < -0.3 is 25.4 Å². The molecule has 23 heavy (non-hydrogen) atoms. The summed E-state index contributed by atoms with van der Waals surface area (Å²) in [6.45, 7) is 3.97. The third-order valence-electron chi connectivity index (χ3n) is 4.67. The Morgan fingerprint density at radius 3 is 2.48 bits per heavy atom. The molecule has 0 saturated heterocycles. The highest BCUT2D eigenvalue weighted by atomic mass is 16.3. The van der Waals surface area contributed by atoms with Crippen LogP contribution >= 0.6 is 0 Å². The van der Waals surface area contributed by atoms with Crippen LogP contribution in [0.1, 0.15) is 47.5 Å². The number of aliphatic hydroxyl groups is 1. The monoisotopic (exact) mass is 321 g/mol. The lowest BCUT2D eigenvalue weighted by Crippen LogP contribution is -2.68. The summed E-state index contributed by atoms with van der Waals surface area (Å²) in [4.78, 5) is 37.8. The number of aliphatic hydroxyl groups excluding tert-OH is 1. The summed E-state index contributed by atoms with van der Waals surface area (Å²) in [5.41, 5.74) is 3.16. The molecule has 124 valence electrons. The minimum atomic E-state index is -0.956. The molecule has 1 spiro atoms. The van der Waals surface area contributed by atoms with Gasteiger partial charge in [-0.15, -0.1) is 0 Å². The molecule has 8 nitrogen and oxygen atoms in total. The van der Waals surface area contributed by atoms with Crippen LogP contribution < -0.4 is 11.2 Å². The quantitative estimate of drug-likeness (QED) is 0.671. The molecule has 0 unspecified atom stereocenters. The predicted molar refractivity (Wildman–Crippen MR) is 80.2 cm³/mol. The van der Waals surface area contributed by atoms with Gasteiger partial charge in [0.15, 0.2) is 11.4 Å². The Balaban J connectivity index is 2.21. The fourth-order valence-electron chi connectivity index (χ4n) is 3.82. The summed E-state index contributed by atoms with van der Waals surface area (Å²) in [6.07, 6.45) is 1.56. The molecule has 3 rings (SSSR count). The molecule has 1 aliphatic heterocycles.